The molecule has 0 N–H and O–H groups in total. The van der Waals surface area contributed by atoms with E-state index in [4.69, 9.17) is 4.74 Å². The first kappa shape index (κ1) is 20.5. The van der Waals surface area contributed by atoms with Gasteiger partial charge in [-0.3, -0.25) is 4.79 Å². The van der Waals surface area contributed by atoms with E-state index in [1.807, 2.05) is 0 Å². The number of ether oxygens (including phenoxy) is 2. The molecule has 146 valence electrons. The molecule has 0 radical (unpaired) electrons. The highest BCUT2D eigenvalue weighted by Gasteiger charge is 2.62. The van der Waals surface area contributed by atoms with Gasteiger partial charge in [0, 0.05) is 6.42 Å². The number of aryl methyl sites for hydroxylation is 1. The summed E-state index contributed by atoms with van der Waals surface area (Å²) in [7, 11) is -6.70. The van der Waals surface area contributed by atoms with E-state index in [0.29, 0.717) is 12.2 Å². The number of carbonyl (C=O) groups excluding carboxylic acids is 1. The summed E-state index contributed by atoms with van der Waals surface area (Å²) in [5, 5.41) is -5.84. The van der Waals surface area contributed by atoms with Gasteiger partial charge in [0.1, 0.15) is 6.10 Å². The van der Waals surface area contributed by atoms with Crippen molar-refractivity contribution in [3.63, 3.8) is 0 Å². The first-order valence-corrected chi connectivity index (χ1v) is 8.53. The SMILES string of the molecule is O=C(CCc1ccc(C2CO2)cc1)OC(C(F)(F)F)C(F)(F)S(=O)(=O)[O-]. The van der Waals surface area contributed by atoms with E-state index >= 15 is 0 Å². The third-order valence-electron chi connectivity index (χ3n) is 3.49. The Morgan fingerprint density at radius 3 is 2.19 bits per heavy atom. The molecule has 1 aliphatic rings. The van der Waals surface area contributed by atoms with E-state index in [9.17, 15) is 39.7 Å². The van der Waals surface area contributed by atoms with Crippen molar-refractivity contribution in [3.8, 4) is 0 Å². The lowest BCUT2D eigenvalue weighted by molar-refractivity contribution is -0.259. The zero-order chi connectivity index (χ0) is 19.8. The first-order chi connectivity index (χ1) is 11.8. The number of hydrogen-bond acceptors (Lipinski definition) is 6. The van der Waals surface area contributed by atoms with Gasteiger partial charge in [-0.1, -0.05) is 24.3 Å². The summed E-state index contributed by atoms with van der Waals surface area (Å²) in [4.78, 5) is 11.5. The van der Waals surface area contributed by atoms with E-state index in [-0.39, 0.29) is 12.5 Å². The molecule has 2 unspecified atom stereocenters. The van der Waals surface area contributed by atoms with Crippen LogP contribution in [0.2, 0.25) is 0 Å². The minimum Gasteiger partial charge on any atom is -0.743 e. The molecule has 12 heteroatoms. The fourth-order valence-electron chi connectivity index (χ4n) is 2.03. The zero-order valence-corrected chi connectivity index (χ0v) is 13.6. The minimum absolute atomic E-state index is 0.0159. The van der Waals surface area contributed by atoms with Crippen LogP contribution in [0, 0.1) is 0 Å². The van der Waals surface area contributed by atoms with Gasteiger partial charge in [-0.15, -0.1) is 0 Å². The van der Waals surface area contributed by atoms with Gasteiger partial charge < -0.3 is 14.0 Å². The van der Waals surface area contributed by atoms with E-state index in [2.05, 4.69) is 4.74 Å². The van der Waals surface area contributed by atoms with Gasteiger partial charge in [0.2, 0.25) is 0 Å². The Morgan fingerprint density at radius 2 is 1.77 bits per heavy atom. The fourth-order valence-corrected chi connectivity index (χ4v) is 2.48. The van der Waals surface area contributed by atoms with Gasteiger partial charge in [0.15, 0.2) is 10.1 Å². The highest BCUT2D eigenvalue weighted by molar-refractivity contribution is 7.86. The smallest absolute Gasteiger partial charge is 0.432 e. The second-order valence-corrected chi connectivity index (χ2v) is 6.94. The van der Waals surface area contributed by atoms with Crippen molar-refractivity contribution in [1.82, 2.24) is 0 Å². The highest BCUT2D eigenvalue weighted by Crippen LogP contribution is 2.38. The van der Waals surface area contributed by atoms with Crippen molar-refractivity contribution in [3.05, 3.63) is 35.4 Å². The van der Waals surface area contributed by atoms with Crippen molar-refractivity contribution in [1.29, 1.82) is 0 Å². The van der Waals surface area contributed by atoms with E-state index < -0.39 is 40.0 Å². The third-order valence-corrected chi connectivity index (χ3v) is 4.37. The van der Waals surface area contributed by atoms with E-state index in [1.165, 1.54) is 0 Å². The van der Waals surface area contributed by atoms with Gasteiger partial charge >= 0.3 is 17.4 Å². The van der Waals surface area contributed by atoms with Gasteiger partial charge in [-0.2, -0.15) is 22.0 Å². The molecule has 0 aliphatic carbocycles. The summed E-state index contributed by atoms with van der Waals surface area (Å²) in [5.74, 6) is -1.72. The average Bonchev–Trinajstić information content (AvgIpc) is 3.33. The molecule has 0 spiro atoms. The summed E-state index contributed by atoms with van der Waals surface area (Å²) in [6, 6.07) is 6.49. The molecule has 1 aliphatic heterocycles. The molecule has 6 nitrogen and oxygen atoms in total. The quantitative estimate of drug-likeness (QED) is 0.300. The number of carbonyl (C=O) groups is 1. The van der Waals surface area contributed by atoms with Crippen LogP contribution in [0.25, 0.3) is 0 Å². The topological polar surface area (TPSA) is 96.0 Å². The van der Waals surface area contributed by atoms with Gasteiger partial charge in [0.25, 0.3) is 6.10 Å². The maximum Gasteiger partial charge on any atom is 0.432 e. The number of rotatable bonds is 7. The normalized spacial score (nSPS) is 19.1. The number of alkyl halides is 5. The number of epoxide rings is 1. The van der Waals surface area contributed by atoms with Gasteiger partial charge in [-0.05, 0) is 17.5 Å². The Kier molecular flexibility index (Phi) is 5.59. The Hall–Kier alpha value is -1.79. The van der Waals surface area contributed by atoms with Crippen LogP contribution in [0.4, 0.5) is 22.0 Å². The zero-order valence-electron chi connectivity index (χ0n) is 12.8. The highest BCUT2D eigenvalue weighted by atomic mass is 32.2. The van der Waals surface area contributed by atoms with E-state index in [1.54, 1.807) is 24.3 Å². The Balaban J connectivity index is 2.00. The molecule has 1 aromatic carbocycles. The predicted octanol–water partition coefficient (Wildman–Crippen LogP) is 2.30. The largest absolute Gasteiger partial charge is 0.743 e. The average molecular weight is 403 g/mol. The third kappa shape index (κ3) is 4.89. The molecule has 1 fully saturated rings. The van der Waals surface area contributed by atoms with Crippen molar-refractivity contribution in [2.24, 2.45) is 0 Å². The summed E-state index contributed by atoms with van der Waals surface area (Å²) in [6.45, 7) is 0.571. The summed E-state index contributed by atoms with van der Waals surface area (Å²) in [6.07, 6.45) is -11.2. The van der Waals surface area contributed by atoms with Gasteiger partial charge in [-0.25, -0.2) is 8.42 Å². The molecule has 1 saturated heterocycles. The molecule has 26 heavy (non-hydrogen) atoms. The number of hydrogen-bond donors (Lipinski definition) is 0. The fraction of sp³-hybridized carbons (Fsp3) is 0.500. The van der Waals surface area contributed by atoms with Crippen molar-refractivity contribution in [2.75, 3.05) is 6.61 Å². The minimum atomic E-state index is -6.70. The molecular formula is C14H12F5O6S-. The number of esters is 1. The van der Waals surface area contributed by atoms with Crippen molar-refractivity contribution < 1.29 is 49.2 Å². The summed E-state index contributed by atoms with van der Waals surface area (Å²) in [5.41, 5.74) is 1.38. The summed E-state index contributed by atoms with van der Waals surface area (Å²) >= 11 is 0. The van der Waals surface area contributed by atoms with Crippen molar-refractivity contribution in [2.45, 2.75) is 36.5 Å². The lowest BCUT2D eigenvalue weighted by Crippen LogP contribution is -2.52. The Labute approximate surface area is 144 Å². The standard InChI is InChI=1S/C14H13F5O6S/c15-13(16,17)12(14(18,19)26(21,22)23)25-11(20)6-3-8-1-4-9(5-2-8)10-7-24-10/h1-2,4-5,10,12H,3,6-7H2,(H,21,22,23)/p-1. The van der Waals surface area contributed by atoms with Crippen LogP contribution >= 0.6 is 0 Å². The lowest BCUT2D eigenvalue weighted by Gasteiger charge is -2.29. The molecule has 1 heterocycles. The second-order valence-electron chi connectivity index (χ2n) is 5.49. The van der Waals surface area contributed by atoms with Crippen molar-refractivity contribution >= 4 is 16.1 Å². The molecular weight excluding hydrogens is 391 g/mol. The number of halogens is 5. The monoisotopic (exact) mass is 403 g/mol. The lowest BCUT2D eigenvalue weighted by atomic mass is 10.1. The number of benzene rings is 1. The summed E-state index contributed by atoms with van der Waals surface area (Å²) < 4.78 is 104. The van der Waals surface area contributed by atoms with Gasteiger partial charge in [0.05, 0.1) is 6.61 Å². The molecule has 2 atom stereocenters. The molecule has 2 rings (SSSR count). The van der Waals surface area contributed by atoms with Crippen LogP contribution in [0.15, 0.2) is 24.3 Å². The second kappa shape index (κ2) is 7.08. The van der Waals surface area contributed by atoms with Crippen LogP contribution in [-0.4, -0.2) is 43.1 Å². The maximum atomic E-state index is 13.2. The van der Waals surface area contributed by atoms with Crippen LogP contribution in [0.5, 0.6) is 0 Å². The Morgan fingerprint density at radius 1 is 1.23 bits per heavy atom. The molecule has 0 bridgehead atoms. The molecule has 0 amide bonds. The van der Waals surface area contributed by atoms with Crippen LogP contribution in [0.1, 0.15) is 23.7 Å². The molecule has 1 aromatic rings. The molecule has 0 aromatic heterocycles. The first-order valence-electron chi connectivity index (χ1n) is 7.12. The predicted molar refractivity (Wildman–Crippen MR) is 74.0 cm³/mol. The Bertz CT molecular complexity index is 755. The van der Waals surface area contributed by atoms with Crippen LogP contribution in [-0.2, 0) is 30.8 Å². The van der Waals surface area contributed by atoms with Crippen LogP contribution < -0.4 is 0 Å². The van der Waals surface area contributed by atoms with Crippen LogP contribution in [0.3, 0.4) is 0 Å². The maximum absolute atomic E-state index is 13.2. The van der Waals surface area contributed by atoms with E-state index in [0.717, 1.165) is 5.56 Å². The molecule has 0 saturated carbocycles.